The van der Waals surface area contributed by atoms with E-state index in [-0.39, 0.29) is 41.3 Å². The van der Waals surface area contributed by atoms with Crippen molar-refractivity contribution in [2.45, 2.75) is 63.1 Å². The van der Waals surface area contributed by atoms with Crippen molar-refractivity contribution in [3.8, 4) is 0 Å². The van der Waals surface area contributed by atoms with Crippen molar-refractivity contribution in [2.75, 3.05) is 0 Å². The summed E-state index contributed by atoms with van der Waals surface area (Å²) in [4.78, 5) is 11.9. The van der Waals surface area contributed by atoms with Crippen LogP contribution >= 0.6 is 0 Å². The molecule has 0 radical (unpaired) electrons. The summed E-state index contributed by atoms with van der Waals surface area (Å²) in [5.74, 6) is -1.05. The summed E-state index contributed by atoms with van der Waals surface area (Å²) in [6, 6.07) is 0. The lowest BCUT2D eigenvalue weighted by atomic mass is 9.65. The van der Waals surface area contributed by atoms with Crippen LogP contribution in [0.1, 0.15) is 39.0 Å². The van der Waals surface area contributed by atoms with E-state index in [1.807, 2.05) is 0 Å². The van der Waals surface area contributed by atoms with Gasteiger partial charge in [0.25, 0.3) is 5.60 Å². The van der Waals surface area contributed by atoms with E-state index in [1.165, 1.54) is 6.92 Å². The van der Waals surface area contributed by atoms with Crippen LogP contribution in [-0.4, -0.2) is 35.1 Å². The highest BCUT2D eigenvalue weighted by Gasteiger charge is 2.73. The number of alkyl halides is 6. The van der Waals surface area contributed by atoms with Crippen LogP contribution in [-0.2, 0) is 9.53 Å². The molecule has 4 rings (SSSR count). The Morgan fingerprint density at radius 1 is 0.966 bits per heavy atom. The van der Waals surface area contributed by atoms with Gasteiger partial charge in [-0.05, 0) is 80.5 Å². The Labute approximate surface area is 164 Å². The highest BCUT2D eigenvalue weighted by molar-refractivity contribution is 5.87. The monoisotopic (exact) mass is 426 g/mol. The molecule has 4 bridgehead atoms. The smallest absolute Gasteiger partial charge is 0.426 e. The minimum atomic E-state index is -5.78. The van der Waals surface area contributed by atoms with E-state index in [2.05, 4.69) is 6.58 Å². The number of hydrogen-bond donors (Lipinski definition) is 1. The molecule has 0 spiro atoms. The van der Waals surface area contributed by atoms with Gasteiger partial charge in [-0.2, -0.15) is 26.3 Å². The molecule has 4 aliphatic rings. The summed E-state index contributed by atoms with van der Waals surface area (Å²) in [6.07, 6.45) is -10.9. The molecule has 0 amide bonds. The van der Waals surface area contributed by atoms with Gasteiger partial charge in [0.05, 0.1) is 0 Å². The van der Waals surface area contributed by atoms with Crippen LogP contribution in [0.2, 0.25) is 0 Å². The maximum atomic E-state index is 13.2. The number of halogens is 6. The molecule has 3 nitrogen and oxygen atoms in total. The third kappa shape index (κ3) is 3.01. The van der Waals surface area contributed by atoms with Crippen molar-refractivity contribution in [1.82, 2.24) is 0 Å². The topological polar surface area (TPSA) is 46.5 Å². The first-order chi connectivity index (χ1) is 13.2. The fraction of sp³-hybridized carbons (Fsp3) is 0.850. The molecule has 1 N–H and O–H groups in total. The number of hydrogen-bond acceptors (Lipinski definition) is 3. The third-order valence-electron chi connectivity index (χ3n) is 8.00. The Balaban J connectivity index is 1.53. The largest absolute Gasteiger partial charge is 0.459 e. The molecule has 0 aromatic carbocycles. The Morgan fingerprint density at radius 3 is 2.07 bits per heavy atom. The van der Waals surface area contributed by atoms with E-state index in [4.69, 9.17) is 4.74 Å². The lowest BCUT2D eigenvalue weighted by Crippen LogP contribution is -2.58. The molecule has 4 saturated carbocycles. The molecular weight excluding hydrogens is 402 g/mol. The van der Waals surface area contributed by atoms with Gasteiger partial charge < -0.3 is 9.84 Å². The number of ether oxygens (including phenoxy) is 1. The van der Waals surface area contributed by atoms with Crippen LogP contribution in [0.5, 0.6) is 0 Å². The van der Waals surface area contributed by atoms with Crippen molar-refractivity contribution >= 4 is 5.97 Å². The van der Waals surface area contributed by atoms with E-state index in [0.717, 1.165) is 6.42 Å². The second-order valence-electron chi connectivity index (χ2n) is 9.49. The molecule has 8 atom stereocenters. The Morgan fingerprint density at radius 2 is 1.52 bits per heavy atom. The zero-order valence-corrected chi connectivity index (χ0v) is 15.9. The lowest BCUT2D eigenvalue weighted by Gasteiger charge is -2.43. The molecule has 9 heteroatoms. The molecule has 4 aliphatic carbocycles. The minimum absolute atomic E-state index is 0.0315. The van der Waals surface area contributed by atoms with Crippen molar-refractivity contribution in [2.24, 2.45) is 41.4 Å². The fourth-order valence-corrected chi connectivity index (χ4v) is 7.06. The summed E-state index contributed by atoms with van der Waals surface area (Å²) in [6.45, 7) is 5.08. The number of rotatable bonds is 4. The second-order valence-corrected chi connectivity index (χ2v) is 9.49. The van der Waals surface area contributed by atoms with Gasteiger partial charge in [0.2, 0.25) is 0 Å². The van der Waals surface area contributed by atoms with Gasteiger partial charge in [-0.15, -0.1) is 0 Å². The second kappa shape index (κ2) is 6.37. The minimum Gasteiger partial charge on any atom is -0.459 e. The van der Waals surface area contributed by atoms with Crippen molar-refractivity contribution < 1.29 is 41.0 Å². The maximum absolute atomic E-state index is 13.2. The van der Waals surface area contributed by atoms with Crippen LogP contribution < -0.4 is 0 Å². The maximum Gasteiger partial charge on any atom is 0.426 e. The summed E-state index contributed by atoms with van der Waals surface area (Å²) >= 11 is 0. The zero-order valence-electron chi connectivity index (χ0n) is 15.9. The average Bonchev–Trinajstić information content (AvgIpc) is 3.29. The number of esters is 1. The van der Waals surface area contributed by atoms with Crippen molar-refractivity contribution in [1.29, 1.82) is 0 Å². The molecule has 0 aromatic heterocycles. The SMILES string of the molecule is C=C(C)C(=O)OC1CC2CC1C1C3CC(CC3CC(O)(C(F)(F)F)C(F)(F)F)C21. The summed E-state index contributed by atoms with van der Waals surface area (Å²) in [5.41, 5.74) is -4.43. The van der Waals surface area contributed by atoms with Crippen molar-refractivity contribution in [3.05, 3.63) is 12.2 Å². The van der Waals surface area contributed by atoms with Crippen LogP contribution in [0, 0.1) is 41.4 Å². The van der Waals surface area contributed by atoms with Gasteiger partial charge >= 0.3 is 18.3 Å². The van der Waals surface area contributed by atoms with Gasteiger partial charge in [0.15, 0.2) is 0 Å². The van der Waals surface area contributed by atoms with Gasteiger partial charge in [-0.1, -0.05) is 6.58 Å². The third-order valence-corrected chi connectivity index (χ3v) is 8.00. The Hall–Kier alpha value is -1.25. The summed E-state index contributed by atoms with van der Waals surface area (Å²) in [7, 11) is 0. The summed E-state index contributed by atoms with van der Waals surface area (Å²) < 4.78 is 84.5. The first-order valence-corrected chi connectivity index (χ1v) is 9.97. The van der Waals surface area contributed by atoms with E-state index < -0.39 is 36.3 Å². The fourth-order valence-electron chi connectivity index (χ4n) is 7.06. The molecule has 4 fully saturated rings. The highest BCUT2D eigenvalue weighted by atomic mass is 19.4. The molecule has 0 aromatic rings. The molecule has 29 heavy (non-hydrogen) atoms. The predicted octanol–water partition coefficient (Wildman–Crippen LogP) is 4.65. The van der Waals surface area contributed by atoms with Gasteiger partial charge in [-0.25, -0.2) is 4.79 Å². The molecule has 8 unspecified atom stereocenters. The van der Waals surface area contributed by atoms with Crippen LogP contribution in [0.25, 0.3) is 0 Å². The Bertz CT molecular complexity index is 700. The predicted molar refractivity (Wildman–Crippen MR) is 89.3 cm³/mol. The average molecular weight is 426 g/mol. The van der Waals surface area contributed by atoms with Crippen LogP contribution in [0.4, 0.5) is 26.3 Å². The lowest BCUT2D eigenvalue weighted by molar-refractivity contribution is -0.373. The standard InChI is InChI=1S/C20H24F6O3/c1-8(2)17(27)29-14-6-10-5-13(14)16-12-4-9(15(10)16)3-11(12)7-18(28,19(21,22)23)20(24,25)26/h9-16,28H,1,3-7H2,2H3. The number of carbonyl (C=O) groups excluding carboxylic acids is 1. The molecule has 0 aliphatic heterocycles. The van der Waals surface area contributed by atoms with E-state index >= 15 is 0 Å². The summed E-state index contributed by atoms with van der Waals surface area (Å²) in [5, 5.41) is 9.65. The molecule has 0 heterocycles. The van der Waals surface area contributed by atoms with Crippen LogP contribution in [0.3, 0.4) is 0 Å². The Kier molecular flexibility index (Phi) is 4.62. The quantitative estimate of drug-likeness (QED) is 0.308. The zero-order chi connectivity index (χ0) is 21.5. The van der Waals surface area contributed by atoms with E-state index in [1.54, 1.807) is 0 Å². The normalized spacial score (nSPS) is 41.0. The van der Waals surface area contributed by atoms with Gasteiger partial charge in [0.1, 0.15) is 6.10 Å². The number of aliphatic hydroxyl groups is 1. The molecular formula is C20H24F6O3. The highest BCUT2D eigenvalue weighted by Crippen LogP contribution is 2.70. The van der Waals surface area contributed by atoms with Crippen LogP contribution in [0.15, 0.2) is 12.2 Å². The first-order valence-electron chi connectivity index (χ1n) is 9.97. The number of fused-ring (bicyclic) bond motifs is 9. The van der Waals surface area contributed by atoms with Gasteiger partial charge in [-0.3, -0.25) is 0 Å². The van der Waals surface area contributed by atoms with Crippen molar-refractivity contribution in [3.63, 3.8) is 0 Å². The van der Waals surface area contributed by atoms with E-state index in [0.29, 0.717) is 25.2 Å². The van der Waals surface area contributed by atoms with Gasteiger partial charge in [0, 0.05) is 5.57 Å². The van der Waals surface area contributed by atoms with E-state index in [9.17, 15) is 36.2 Å². The molecule has 164 valence electrons. The first kappa shape index (κ1) is 21.0. The number of carbonyl (C=O) groups is 1. The molecule has 0 saturated heterocycles.